The number of carbonyl (C=O) groups excluding carboxylic acids is 1. The van der Waals surface area contributed by atoms with E-state index in [1.54, 1.807) is 0 Å². The minimum atomic E-state index is -6.93. The van der Waals surface area contributed by atoms with Gasteiger partial charge in [0.1, 0.15) is 5.75 Å². The van der Waals surface area contributed by atoms with Gasteiger partial charge in [-0.25, -0.2) is 4.79 Å². The van der Waals surface area contributed by atoms with E-state index in [2.05, 4.69) is 4.74 Å². The van der Waals surface area contributed by atoms with Crippen LogP contribution in [0.5, 0.6) is 5.75 Å². The average molecular weight is 467 g/mol. The van der Waals surface area contributed by atoms with E-state index < -0.39 is 41.3 Å². The number of halogens is 9. The lowest BCUT2D eigenvalue weighted by molar-refractivity contribution is -0.386. The molecule has 0 aliphatic heterocycles. The molecule has 0 heterocycles. The molecule has 0 unspecified atom stereocenters. The van der Waals surface area contributed by atoms with Crippen molar-refractivity contribution in [2.75, 3.05) is 0 Å². The number of carbonyl (C=O) groups is 1. The molecule has 0 spiro atoms. The molecule has 0 aromatic heterocycles. The monoisotopic (exact) mass is 467 g/mol. The van der Waals surface area contributed by atoms with Crippen LogP contribution >= 0.6 is 0 Å². The average Bonchev–Trinajstić information content (AvgIpc) is 2.47. The predicted molar refractivity (Wildman–Crippen MR) is 93.6 cm³/mol. The lowest BCUT2D eigenvalue weighted by atomic mass is 9.72. The van der Waals surface area contributed by atoms with Crippen LogP contribution in [0.1, 0.15) is 46.6 Å². The summed E-state index contributed by atoms with van der Waals surface area (Å²) in [4.78, 5) is 11.6. The van der Waals surface area contributed by atoms with Gasteiger partial charge in [0.05, 0.1) is 0 Å². The van der Waals surface area contributed by atoms with Crippen LogP contribution in [0, 0.1) is 5.41 Å². The van der Waals surface area contributed by atoms with Crippen molar-refractivity contribution < 1.29 is 49.0 Å². The van der Waals surface area contributed by atoms with Crippen LogP contribution in [0.3, 0.4) is 0 Å². The van der Waals surface area contributed by atoms with Gasteiger partial charge in [0.25, 0.3) is 0 Å². The Morgan fingerprint density at radius 3 is 1.48 bits per heavy atom. The SMILES string of the molecule is CC(C)(C)CC(C)(C)c1ccc(OC(=O)NC(C(F)(F)F)(C(F)(F)F)C(F)(F)F)cc1. The third kappa shape index (κ3) is 5.97. The Labute approximate surface area is 172 Å². The standard InChI is InChI=1S/C19H22F9NO2/c1-14(2,3)10-15(4,5)11-6-8-12(9-7-11)31-13(30)29-16(17(20,21)22,18(23,24)25)19(26,27)28/h6-9H,10H2,1-5H3,(H,29,30). The molecule has 0 fully saturated rings. The van der Waals surface area contributed by atoms with E-state index in [0.717, 1.165) is 12.1 Å². The first kappa shape index (κ1) is 26.9. The Morgan fingerprint density at radius 1 is 0.774 bits per heavy atom. The minimum Gasteiger partial charge on any atom is -0.410 e. The van der Waals surface area contributed by atoms with Gasteiger partial charge in [-0.3, -0.25) is 5.32 Å². The number of amides is 1. The molecule has 0 saturated heterocycles. The van der Waals surface area contributed by atoms with Crippen LogP contribution in [-0.4, -0.2) is 30.2 Å². The number of hydrogen-bond acceptors (Lipinski definition) is 2. The molecule has 31 heavy (non-hydrogen) atoms. The smallest absolute Gasteiger partial charge is 0.410 e. The number of alkyl halides is 9. The van der Waals surface area contributed by atoms with Crippen LogP contribution in [0.25, 0.3) is 0 Å². The topological polar surface area (TPSA) is 38.3 Å². The number of hydrogen-bond donors (Lipinski definition) is 1. The van der Waals surface area contributed by atoms with Crippen LogP contribution in [0.4, 0.5) is 44.3 Å². The Kier molecular flexibility index (Phi) is 7.01. The van der Waals surface area contributed by atoms with Gasteiger partial charge in [-0.2, -0.15) is 39.5 Å². The van der Waals surface area contributed by atoms with Crippen molar-refractivity contribution in [3.8, 4) is 5.75 Å². The van der Waals surface area contributed by atoms with Crippen LogP contribution in [-0.2, 0) is 5.41 Å². The van der Waals surface area contributed by atoms with Gasteiger partial charge in [0, 0.05) is 0 Å². The molecule has 12 heteroatoms. The Morgan fingerprint density at radius 2 is 1.16 bits per heavy atom. The maximum absolute atomic E-state index is 12.9. The second-order valence-electron chi connectivity index (χ2n) is 8.90. The third-order valence-electron chi connectivity index (χ3n) is 4.38. The summed E-state index contributed by atoms with van der Waals surface area (Å²) in [6.07, 6.45) is -22.6. The molecular weight excluding hydrogens is 445 g/mol. The summed E-state index contributed by atoms with van der Waals surface area (Å²) in [5.41, 5.74) is -6.24. The fourth-order valence-electron chi connectivity index (χ4n) is 3.38. The third-order valence-corrected chi connectivity index (χ3v) is 4.38. The van der Waals surface area contributed by atoms with E-state index in [-0.39, 0.29) is 10.7 Å². The molecule has 1 aromatic carbocycles. The second-order valence-corrected chi connectivity index (χ2v) is 8.90. The van der Waals surface area contributed by atoms with Gasteiger partial charge in [0.2, 0.25) is 0 Å². The Bertz CT molecular complexity index is 734. The van der Waals surface area contributed by atoms with Gasteiger partial charge in [-0.15, -0.1) is 0 Å². The molecule has 0 atom stereocenters. The largest absolute Gasteiger partial charge is 0.429 e. The highest BCUT2D eigenvalue weighted by molar-refractivity contribution is 5.72. The first-order valence-electron chi connectivity index (χ1n) is 8.84. The zero-order valence-electron chi connectivity index (χ0n) is 17.2. The van der Waals surface area contributed by atoms with Crippen LogP contribution in [0.15, 0.2) is 24.3 Å². The van der Waals surface area contributed by atoms with Gasteiger partial charge in [0.15, 0.2) is 0 Å². The van der Waals surface area contributed by atoms with Crippen molar-refractivity contribution in [2.45, 2.75) is 70.5 Å². The number of ether oxygens (including phenoxy) is 1. The number of nitrogens with one attached hydrogen (secondary N) is 1. The zero-order chi connectivity index (χ0) is 24.7. The maximum Gasteiger partial charge on any atom is 0.429 e. The summed E-state index contributed by atoms with van der Waals surface area (Å²) < 4.78 is 120. The molecule has 0 aliphatic carbocycles. The van der Waals surface area contributed by atoms with Gasteiger partial charge >= 0.3 is 30.2 Å². The molecule has 0 radical (unpaired) electrons. The summed E-state index contributed by atoms with van der Waals surface area (Å²) in [5.74, 6) is -0.534. The Hall–Kier alpha value is -2.14. The summed E-state index contributed by atoms with van der Waals surface area (Å²) in [6, 6.07) is 4.96. The molecule has 1 N–H and O–H groups in total. The van der Waals surface area contributed by atoms with Gasteiger partial charge in [-0.1, -0.05) is 46.8 Å². The summed E-state index contributed by atoms with van der Waals surface area (Å²) >= 11 is 0. The lowest BCUT2D eigenvalue weighted by Gasteiger charge is -2.38. The van der Waals surface area contributed by atoms with Crippen molar-refractivity contribution in [2.24, 2.45) is 5.41 Å². The number of benzene rings is 1. The maximum atomic E-state index is 12.9. The molecule has 1 amide bonds. The highest BCUT2D eigenvalue weighted by atomic mass is 19.4. The molecule has 1 rings (SSSR count). The highest BCUT2D eigenvalue weighted by Gasteiger charge is 2.85. The summed E-state index contributed by atoms with van der Waals surface area (Å²) in [6.45, 7) is 9.76. The molecule has 0 aliphatic rings. The fourth-order valence-corrected chi connectivity index (χ4v) is 3.38. The summed E-state index contributed by atoms with van der Waals surface area (Å²) in [5, 5.41) is -0.0614. The van der Waals surface area contributed by atoms with Crippen LogP contribution < -0.4 is 10.1 Å². The van der Waals surface area contributed by atoms with E-state index >= 15 is 0 Å². The minimum absolute atomic E-state index is 0.0614. The molecule has 0 bridgehead atoms. The quantitative estimate of drug-likeness (QED) is 0.489. The molecule has 1 aromatic rings. The first-order chi connectivity index (χ1) is 13.5. The van der Waals surface area contributed by atoms with Gasteiger partial charge in [-0.05, 0) is 34.9 Å². The van der Waals surface area contributed by atoms with E-state index in [4.69, 9.17) is 0 Å². The number of rotatable bonds is 4. The summed E-state index contributed by atoms with van der Waals surface area (Å²) in [7, 11) is 0. The van der Waals surface area contributed by atoms with E-state index in [0.29, 0.717) is 12.0 Å². The van der Waals surface area contributed by atoms with E-state index in [1.807, 2.05) is 34.6 Å². The van der Waals surface area contributed by atoms with Crippen molar-refractivity contribution in [1.29, 1.82) is 0 Å². The molecular formula is C19H22F9NO2. The lowest BCUT2D eigenvalue weighted by Crippen LogP contribution is -2.75. The van der Waals surface area contributed by atoms with Crippen molar-refractivity contribution in [1.82, 2.24) is 5.32 Å². The molecule has 0 saturated carbocycles. The Balaban J connectivity index is 3.15. The zero-order valence-corrected chi connectivity index (χ0v) is 17.2. The van der Waals surface area contributed by atoms with Crippen molar-refractivity contribution in [3.05, 3.63) is 29.8 Å². The van der Waals surface area contributed by atoms with E-state index in [1.165, 1.54) is 12.1 Å². The molecule has 3 nitrogen and oxygen atoms in total. The van der Waals surface area contributed by atoms with Crippen molar-refractivity contribution >= 4 is 6.09 Å². The second kappa shape index (κ2) is 8.09. The molecule has 178 valence electrons. The normalized spacial score (nSPS) is 14.4. The highest BCUT2D eigenvalue weighted by Crippen LogP contribution is 2.52. The first-order valence-corrected chi connectivity index (χ1v) is 8.84. The van der Waals surface area contributed by atoms with Gasteiger partial charge < -0.3 is 4.74 Å². The van der Waals surface area contributed by atoms with Crippen molar-refractivity contribution in [3.63, 3.8) is 0 Å². The fraction of sp³-hybridized carbons (Fsp3) is 0.632. The predicted octanol–water partition coefficient (Wildman–Crippen LogP) is 6.91. The van der Waals surface area contributed by atoms with Crippen LogP contribution in [0.2, 0.25) is 0 Å². The van der Waals surface area contributed by atoms with E-state index in [9.17, 15) is 44.3 Å².